The van der Waals surface area contributed by atoms with Crippen molar-refractivity contribution in [2.75, 3.05) is 18.9 Å². The van der Waals surface area contributed by atoms with E-state index in [1.807, 2.05) is 67.7 Å². The number of rotatable bonds is 9. The van der Waals surface area contributed by atoms with Crippen molar-refractivity contribution in [3.8, 4) is 5.75 Å². The molecule has 4 aromatic rings. The fraction of sp³-hybridized carbons (Fsp3) is 0.160. The maximum absolute atomic E-state index is 12.2. The second-order valence-corrected chi connectivity index (χ2v) is 7.97. The van der Waals surface area contributed by atoms with Gasteiger partial charge in [0, 0.05) is 17.0 Å². The molecule has 1 atom stereocenters. The number of carbonyl (C=O) groups is 1. The number of nitrogens with zero attached hydrogens (tertiary/aromatic N) is 2. The van der Waals surface area contributed by atoms with Gasteiger partial charge in [0.25, 0.3) is 5.91 Å². The summed E-state index contributed by atoms with van der Waals surface area (Å²) in [6.07, 6.45) is 1.41. The van der Waals surface area contributed by atoms with Gasteiger partial charge in [-0.3, -0.25) is 4.79 Å². The second-order valence-electron chi connectivity index (χ2n) is 7.54. The number of halogens is 1. The Kier molecular flexibility index (Phi) is 7.02. The van der Waals surface area contributed by atoms with Gasteiger partial charge in [-0.05, 0) is 42.4 Å². The van der Waals surface area contributed by atoms with Gasteiger partial charge in [0.2, 0.25) is 0 Å². The van der Waals surface area contributed by atoms with Crippen LogP contribution in [0.3, 0.4) is 0 Å². The number of primary amides is 1. The molecule has 1 amide bonds. The Morgan fingerprint density at radius 3 is 2.64 bits per heavy atom. The molecule has 0 saturated heterocycles. The van der Waals surface area contributed by atoms with E-state index in [-0.39, 0.29) is 11.6 Å². The highest BCUT2D eigenvalue weighted by molar-refractivity contribution is 6.30. The van der Waals surface area contributed by atoms with E-state index in [4.69, 9.17) is 22.1 Å². The van der Waals surface area contributed by atoms with Gasteiger partial charge < -0.3 is 21.1 Å². The molecule has 1 heterocycles. The second kappa shape index (κ2) is 10.3. The van der Waals surface area contributed by atoms with Crippen molar-refractivity contribution >= 4 is 34.2 Å². The van der Waals surface area contributed by atoms with Crippen LogP contribution in [0.4, 0.5) is 5.82 Å². The zero-order chi connectivity index (χ0) is 23.2. The van der Waals surface area contributed by atoms with Gasteiger partial charge in [0.1, 0.15) is 24.5 Å². The van der Waals surface area contributed by atoms with Crippen molar-refractivity contribution < 1.29 is 9.53 Å². The molecular formula is C25H24ClN5O2. The molecule has 0 fully saturated rings. The van der Waals surface area contributed by atoms with E-state index in [2.05, 4.69) is 20.6 Å². The number of aromatic nitrogens is 2. The molecule has 0 aliphatic rings. The van der Waals surface area contributed by atoms with Crippen LogP contribution in [0.2, 0.25) is 5.02 Å². The Balaban J connectivity index is 1.72. The third kappa shape index (κ3) is 5.39. The van der Waals surface area contributed by atoms with Crippen molar-refractivity contribution in [2.45, 2.75) is 12.6 Å². The lowest BCUT2D eigenvalue weighted by atomic mass is 10.1. The quantitative estimate of drug-likeness (QED) is 0.343. The zero-order valence-corrected chi connectivity index (χ0v) is 18.8. The molecule has 0 aliphatic heterocycles. The number of nitrogens with two attached hydrogens (primary N) is 1. The highest BCUT2D eigenvalue weighted by Crippen LogP contribution is 2.31. The summed E-state index contributed by atoms with van der Waals surface area (Å²) in [4.78, 5) is 21.0. The molecule has 1 aromatic heterocycles. The first-order valence-electron chi connectivity index (χ1n) is 10.5. The lowest BCUT2D eigenvalue weighted by Gasteiger charge is -2.21. The summed E-state index contributed by atoms with van der Waals surface area (Å²) in [5, 5.41) is 7.93. The van der Waals surface area contributed by atoms with Gasteiger partial charge >= 0.3 is 0 Å². The SMILES string of the molecule is CNCC(Nc1ncnc2c(C(N)=O)cc(OCc3ccccc3)cc12)c1cccc(Cl)c1. The van der Waals surface area contributed by atoms with E-state index in [1.54, 1.807) is 6.07 Å². The number of carbonyl (C=O) groups excluding carboxylic acids is 1. The minimum atomic E-state index is -0.587. The van der Waals surface area contributed by atoms with Crippen LogP contribution in [0, 0.1) is 0 Å². The highest BCUT2D eigenvalue weighted by atomic mass is 35.5. The predicted octanol–water partition coefficient (Wildman–Crippen LogP) is 4.33. The number of benzene rings is 3. The Bertz CT molecular complexity index is 1270. The molecule has 4 N–H and O–H groups in total. The van der Waals surface area contributed by atoms with Crippen LogP contribution in [0.5, 0.6) is 5.75 Å². The molecule has 4 rings (SSSR count). The first-order chi connectivity index (χ1) is 16.0. The number of likely N-dealkylation sites (N-methyl/N-ethyl adjacent to an activating group) is 1. The number of fused-ring (bicyclic) bond motifs is 1. The fourth-order valence-electron chi connectivity index (χ4n) is 3.61. The molecule has 1 unspecified atom stereocenters. The summed E-state index contributed by atoms with van der Waals surface area (Å²) in [6, 6.07) is 20.7. The molecule has 168 valence electrons. The van der Waals surface area contributed by atoms with E-state index in [9.17, 15) is 4.79 Å². The molecule has 33 heavy (non-hydrogen) atoms. The van der Waals surface area contributed by atoms with Gasteiger partial charge in [0.15, 0.2) is 0 Å². The maximum atomic E-state index is 12.2. The monoisotopic (exact) mass is 461 g/mol. The van der Waals surface area contributed by atoms with Crippen LogP contribution in [-0.4, -0.2) is 29.5 Å². The number of ether oxygens (including phenoxy) is 1. The maximum Gasteiger partial charge on any atom is 0.251 e. The number of amides is 1. The van der Waals surface area contributed by atoms with Crippen LogP contribution < -0.4 is 21.1 Å². The van der Waals surface area contributed by atoms with Gasteiger partial charge in [0.05, 0.1) is 17.1 Å². The van der Waals surface area contributed by atoms with Crippen molar-refractivity contribution in [3.05, 3.63) is 94.8 Å². The average Bonchev–Trinajstić information content (AvgIpc) is 2.83. The minimum absolute atomic E-state index is 0.127. The van der Waals surface area contributed by atoms with E-state index in [1.165, 1.54) is 6.33 Å². The number of hydrogen-bond acceptors (Lipinski definition) is 6. The summed E-state index contributed by atoms with van der Waals surface area (Å²) < 4.78 is 5.98. The molecule has 0 bridgehead atoms. The highest BCUT2D eigenvalue weighted by Gasteiger charge is 2.18. The number of anilines is 1. The van der Waals surface area contributed by atoms with Gasteiger partial charge in [-0.1, -0.05) is 54.1 Å². The third-order valence-electron chi connectivity index (χ3n) is 5.20. The Hall–Kier alpha value is -3.68. The van der Waals surface area contributed by atoms with Gasteiger partial charge in [-0.25, -0.2) is 9.97 Å². The van der Waals surface area contributed by atoms with E-state index in [0.29, 0.717) is 40.6 Å². The van der Waals surface area contributed by atoms with Crippen LogP contribution in [-0.2, 0) is 6.61 Å². The summed E-state index contributed by atoms with van der Waals surface area (Å²) in [5.74, 6) is 0.482. The van der Waals surface area contributed by atoms with Crippen LogP contribution in [0.25, 0.3) is 10.9 Å². The molecule has 0 radical (unpaired) electrons. The summed E-state index contributed by atoms with van der Waals surface area (Å²) in [5.41, 5.74) is 8.40. The Labute approximate surface area is 197 Å². The lowest BCUT2D eigenvalue weighted by molar-refractivity contribution is 0.100. The average molecular weight is 462 g/mol. The zero-order valence-electron chi connectivity index (χ0n) is 18.1. The van der Waals surface area contributed by atoms with Crippen molar-refractivity contribution in [2.24, 2.45) is 5.73 Å². The van der Waals surface area contributed by atoms with Crippen LogP contribution in [0.15, 0.2) is 73.1 Å². The molecule has 0 spiro atoms. The summed E-state index contributed by atoms with van der Waals surface area (Å²) >= 11 is 6.21. The Morgan fingerprint density at radius 1 is 1.09 bits per heavy atom. The summed E-state index contributed by atoms with van der Waals surface area (Å²) in [6.45, 7) is 0.977. The predicted molar refractivity (Wildman–Crippen MR) is 131 cm³/mol. The first-order valence-corrected chi connectivity index (χ1v) is 10.8. The topological polar surface area (TPSA) is 102 Å². The fourth-order valence-corrected chi connectivity index (χ4v) is 3.81. The van der Waals surface area contributed by atoms with Crippen molar-refractivity contribution in [1.82, 2.24) is 15.3 Å². The van der Waals surface area contributed by atoms with Crippen molar-refractivity contribution in [1.29, 1.82) is 0 Å². The molecule has 0 aliphatic carbocycles. The summed E-state index contributed by atoms with van der Waals surface area (Å²) in [7, 11) is 1.87. The van der Waals surface area contributed by atoms with E-state index in [0.717, 1.165) is 11.1 Å². The number of nitrogens with one attached hydrogen (secondary N) is 2. The van der Waals surface area contributed by atoms with Crippen LogP contribution >= 0.6 is 11.6 Å². The molecule has 3 aromatic carbocycles. The lowest BCUT2D eigenvalue weighted by Crippen LogP contribution is -2.24. The largest absolute Gasteiger partial charge is 0.489 e. The van der Waals surface area contributed by atoms with Crippen LogP contribution in [0.1, 0.15) is 27.5 Å². The number of hydrogen-bond donors (Lipinski definition) is 3. The molecule has 7 nitrogen and oxygen atoms in total. The first kappa shape index (κ1) is 22.5. The normalized spacial score (nSPS) is 11.8. The third-order valence-corrected chi connectivity index (χ3v) is 5.43. The molecular weight excluding hydrogens is 438 g/mol. The van der Waals surface area contributed by atoms with Gasteiger partial charge in [-0.2, -0.15) is 0 Å². The molecule has 8 heteroatoms. The van der Waals surface area contributed by atoms with E-state index >= 15 is 0 Å². The van der Waals surface area contributed by atoms with E-state index < -0.39 is 5.91 Å². The molecule has 0 saturated carbocycles. The smallest absolute Gasteiger partial charge is 0.251 e. The van der Waals surface area contributed by atoms with Crippen molar-refractivity contribution in [3.63, 3.8) is 0 Å². The standard InChI is InChI=1S/C25H24ClN5O2/c1-28-13-22(17-8-5-9-18(26)10-17)31-25-21-12-19(33-14-16-6-3-2-4-7-16)11-20(24(27)32)23(21)29-15-30-25/h2-12,15,22,28H,13-14H2,1H3,(H2,27,32)(H,29,30,31). The van der Waals surface area contributed by atoms with Gasteiger partial charge in [-0.15, -0.1) is 0 Å². The Morgan fingerprint density at radius 2 is 1.91 bits per heavy atom. The minimum Gasteiger partial charge on any atom is -0.489 e.